The van der Waals surface area contributed by atoms with Crippen LogP contribution in [0.5, 0.6) is 0 Å². The van der Waals surface area contributed by atoms with Gasteiger partial charge in [-0.1, -0.05) is 20.8 Å². The highest BCUT2D eigenvalue weighted by Crippen LogP contribution is 2.54. The molecule has 0 heterocycles. The predicted molar refractivity (Wildman–Crippen MR) is 48.3 cm³/mol. The van der Waals surface area contributed by atoms with Gasteiger partial charge in [0.1, 0.15) is 0 Å². The molecule has 0 radical (unpaired) electrons. The lowest BCUT2D eigenvalue weighted by molar-refractivity contribution is 0.181. The summed E-state index contributed by atoms with van der Waals surface area (Å²) in [5.41, 5.74) is 0. The Morgan fingerprint density at radius 2 is 1.73 bits per heavy atom. The average Bonchev–Trinajstić information content (AvgIpc) is 2.44. The summed E-state index contributed by atoms with van der Waals surface area (Å²) in [5.74, 6) is 5.24. The van der Waals surface area contributed by atoms with Crippen molar-refractivity contribution in [2.45, 2.75) is 40.0 Å². The average molecular weight is 152 g/mol. The molecule has 0 aromatic rings. The van der Waals surface area contributed by atoms with Crippen LogP contribution in [0, 0.1) is 29.6 Å². The lowest BCUT2D eigenvalue weighted by atomic mass is 9.74. The Labute approximate surface area is 70.4 Å². The largest absolute Gasteiger partial charge is 0.0625 e. The minimum Gasteiger partial charge on any atom is -0.0625 e. The van der Waals surface area contributed by atoms with Gasteiger partial charge in [0.2, 0.25) is 0 Å². The monoisotopic (exact) mass is 152 g/mol. The van der Waals surface area contributed by atoms with Crippen LogP contribution in [0.3, 0.4) is 0 Å². The zero-order chi connectivity index (χ0) is 8.01. The smallest absolute Gasteiger partial charge is 0.0334 e. The standard InChI is InChI=1S/C11H20/c1-7(2)11-8(3)9-4-5-10(11)6-9/h7-11H,4-6H2,1-3H3. The van der Waals surface area contributed by atoms with Crippen LogP contribution in [0.25, 0.3) is 0 Å². The van der Waals surface area contributed by atoms with Crippen LogP contribution in [0.1, 0.15) is 40.0 Å². The molecule has 0 aromatic heterocycles. The quantitative estimate of drug-likeness (QED) is 0.540. The maximum absolute atomic E-state index is 2.48. The molecule has 2 rings (SSSR count). The molecule has 2 saturated carbocycles. The maximum atomic E-state index is 2.48. The lowest BCUT2D eigenvalue weighted by Gasteiger charge is -2.31. The number of hydrogen-bond acceptors (Lipinski definition) is 0. The van der Waals surface area contributed by atoms with Gasteiger partial charge in [0.15, 0.2) is 0 Å². The maximum Gasteiger partial charge on any atom is -0.0334 e. The Hall–Kier alpha value is 0. The summed E-state index contributed by atoms with van der Waals surface area (Å²) >= 11 is 0. The molecule has 0 spiro atoms. The molecule has 64 valence electrons. The topological polar surface area (TPSA) is 0 Å². The SMILES string of the molecule is CC(C)C1C2CCC(C2)C1C. The molecule has 0 heteroatoms. The van der Waals surface area contributed by atoms with E-state index in [0.29, 0.717) is 0 Å². The molecule has 0 aliphatic heterocycles. The molecule has 2 fully saturated rings. The Balaban J connectivity index is 2.11. The fourth-order valence-electron chi connectivity index (χ4n) is 3.77. The van der Waals surface area contributed by atoms with E-state index in [1.54, 1.807) is 6.42 Å². The van der Waals surface area contributed by atoms with Crippen LogP contribution in [-0.2, 0) is 0 Å². The van der Waals surface area contributed by atoms with E-state index in [1.165, 1.54) is 12.8 Å². The molecule has 0 saturated heterocycles. The van der Waals surface area contributed by atoms with Gasteiger partial charge in [-0.15, -0.1) is 0 Å². The minimum absolute atomic E-state index is 0.931. The summed E-state index contributed by atoms with van der Waals surface area (Å²) in [4.78, 5) is 0. The summed E-state index contributed by atoms with van der Waals surface area (Å²) in [6.07, 6.45) is 4.64. The van der Waals surface area contributed by atoms with Crippen molar-refractivity contribution in [2.75, 3.05) is 0 Å². The third-order valence-electron chi connectivity index (χ3n) is 4.18. The van der Waals surface area contributed by atoms with Gasteiger partial charge in [0.05, 0.1) is 0 Å². The molecule has 4 atom stereocenters. The van der Waals surface area contributed by atoms with Crippen LogP contribution in [0.2, 0.25) is 0 Å². The van der Waals surface area contributed by atoms with E-state index in [0.717, 1.165) is 29.6 Å². The van der Waals surface area contributed by atoms with E-state index >= 15 is 0 Å². The number of hydrogen-bond donors (Lipinski definition) is 0. The molecule has 2 aliphatic rings. The highest BCUT2D eigenvalue weighted by Gasteiger charge is 2.45. The number of rotatable bonds is 1. The fourth-order valence-corrected chi connectivity index (χ4v) is 3.77. The minimum atomic E-state index is 0.931. The molecule has 4 unspecified atom stereocenters. The van der Waals surface area contributed by atoms with Crippen molar-refractivity contribution in [2.24, 2.45) is 29.6 Å². The van der Waals surface area contributed by atoms with Crippen molar-refractivity contribution in [3.63, 3.8) is 0 Å². The second-order valence-electron chi connectivity index (χ2n) is 5.01. The number of fused-ring (bicyclic) bond motifs is 2. The van der Waals surface area contributed by atoms with E-state index in [9.17, 15) is 0 Å². The van der Waals surface area contributed by atoms with E-state index in [1.807, 2.05) is 0 Å². The molecular weight excluding hydrogens is 132 g/mol. The Morgan fingerprint density at radius 3 is 2.09 bits per heavy atom. The van der Waals surface area contributed by atoms with E-state index in [-0.39, 0.29) is 0 Å². The predicted octanol–water partition coefficient (Wildman–Crippen LogP) is 3.32. The van der Waals surface area contributed by atoms with Gasteiger partial charge in [-0.3, -0.25) is 0 Å². The zero-order valence-corrected chi connectivity index (χ0v) is 8.01. The van der Waals surface area contributed by atoms with E-state index in [2.05, 4.69) is 20.8 Å². The van der Waals surface area contributed by atoms with Crippen molar-refractivity contribution < 1.29 is 0 Å². The van der Waals surface area contributed by atoms with Crippen molar-refractivity contribution in [3.8, 4) is 0 Å². The molecule has 2 bridgehead atoms. The summed E-state index contributed by atoms with van der Waals surface area (Å²) in [5, 5.41) is 0. The first kappa shape index (κ1) is 7.64. The first-order valence-corrected chi connectivity index (χ1v) is 5.20. The molecule has 11 heavy (non-hydrogen) atoms. The summed E-state index contributed by atoms with van der Waals surface area (Å²) in [6, 6.07) is 0. The summed E-state index contributed by atoms with van der Waals surface area (Å²) in [7, 11) is 0. The molecule has 0 aromatic carbocycles. The highest BCUT2D eigenvalue weighted by molar-refractivity contribution is 4.95. The van der Waals surface area contributed by atoms with Crippen molar-refractivity contribution in [1.82, 2.24) is 0 Å². The van der Waals surface area contributed by atoms with Crippen molar-refractivity contribution in [1.29, 1.82) is 0 Å². The van der Waals surface area contributed by atoms with Gasteiger partial charge in [-0.05, 0) is 48.9 Å². The molecule has 0 N–H and O–H groups in total. The third-order valence-corrected chi connectivity index (χ3v) is 4.18. The first-order chi connectivity index (χ1) is 5.20. The lowest BCUT2D eigenvalue weighted by Crippen LogP contribution is -2.24. The van der Waals surface area contributed by atoms with Gasteiger partial charge in [-0.2, -0.15) is 0 Å². The summed E-state index contributed by atoms with van der Waals surface area (Å²) < 4.78 is 0. The van der Waals surface area contributed by atoms with Gasteiger partial charge in [-0.25, -0.2) is 0 Å². The summed E-state index contributed by atoms with van der Waals surface area (Å²) in [6.45, 7) is 7.29. The van der Waals surface area contributed by atoms with E-state index < -0.39 is 0 Å². The second kappa shape index (κ2) is 2.50. The molecule has 0 amide bonds. The van der Waals surface area contributed by atoms with Crippen LogP contribution >= 0.6 is 0 Å². The van der Waals surface area contributed by atoms with Crippen LogP contribution in [0.15, 0.2) is 0 Å². The highest BCUT2D eigenvalue weighted by atomic mass is 14.5. The van der Waals surface area contributed by atoms with Gasteiger partial charge in [0, 0.05) is 0 Å². The molecule has 0 nitrogen and oxygen atoms in total. The van der Waals surface area contributed by atoms with E-state index in [4.69, 9.17) is 0 Å². The van der Waals surface area contributed by atoms with Gasteiger partial charge < -0.3 is 0 Å². The van der Waals surface area contributed by atoms with Gasteiger partial charge in [0.25, 0.3) is 0 Å². The normalized spacial score (nSPS) is 49.1. The van der Waals surface area contributed by atoms with Crippen LogP contribution in [0.4, 0.5) is 0 Å². The second-order valence-corrected chi connectivity index (χ2v) is 5.01. The van der Waals surface area contributed by atoms with Gasteiger partial charge >= 0.3 is 0 Å². The van der Waals surface area contributed by atoms with Crippen LogP contribution < -0.4 is 0 Å². The van der Waals surface area contributed by atoms with Crippen molar-refractivity contribution in [3.05, 3.63) is 0 Å². The van der Waals surface area contributed by atoms with Crippen LogP contribution in [-0.4, -0.2) is 0 Å². The van der Waals surface area contributed by atoms with Crippen molar-refractivity contribution >= 4 is 0 Å². The molecular formula is C11H20. The zero-order valence-electron chi connectivity index (χ0n) is 8.01. The Kier molecular flexibility index (Phi) is 1.74. The Morgan fingerprint density at radius 1 is 1.09 bits per heavy atom. The fraction of sp³-hybridized carbons (Fsp3) is 1.00. The Bertz CT molecular complexity index is 146. The third kappa shape index (κ3) is 1.02. The first-order valence-electron chi connectivity index (χ1n) is 5.20. The molecule has 2 aliphatic carbocycles.